The molecule has 5 nitrogen and oxygen atoms in total. The van der Waals surface area contributed by atoms with Gasteiger partial charge in [0, 0.05) is 22.9 Å². The highest BCUT2D eigenvalue weighted by atomic mass is 79.9. The first-order valence-electron chi connectivity index (χ1n) is 11.6. The predicted octanol–water partition coefficient (Wildman–Crippen LogP) is 6.09. The lowest BCUT2D eigenvalue weighted by molar-refractivity contribution is -0.143. The second-order valence-corrected chi connectivity index (χ2v) is 8.57. The van der Waals surface area contributed by atoms with Crippen LogP contribution in [0.4, 0.5) is 0 Å². The molecule has 0 N–H and O–H groups in total. The Labute approximate surface area is 205 Å². The molecule has 0 radical (unpaired) electrons. The highest BCUT2D eigenvalue weighted by Gasteiger charge is 2.15. The number of aryl methyl sites for hydroxylation is 2. The lowest BCUT2D eigenvalue weighted by atomic mass is 9.93. The summed E-state index contributed by atoms with van der Waals surface area (Å²) in [6.45, 7) is 4.17. The zero-order chi connectivity index (χ0) is 24.1. The average molecular weight is 517 g/mol. The largest absolute Gasteiger partial charge is 0.466 e. The molecular formula is C27H33BrO5. The molecule has 0 atom stereocenters. The van der Waals surface area contributed by atoms with Crippen LogP contribution in [0.5, 0.6) is 0 Å². The molecule has 0 aliphatic carbocycles. The van der Waals surface area contributed by atoms with Gasteiger partial charge in [-0.3, -0.25) is 9.59 Å². The number of rotatable bonds is 14. The smallest absolute Gasteiger partial charge is 0.338 e. The normalized spacial score (nSPS) is 10.6. The fourth-order valence-electron chi connectivity index (χ4n) is 3.65. The molecule has 0 amide bonds. The molecule has 178 valence electrons. The van der Waals surface area contributed by atoms with Gasteiger partial charge < -0.3 is 9.47 Å². The van der Waals surface area contributed by atoms with Crippen LogP contribution in [-0.4, -0.2) is 36.3 Å². The number of hydrogen-bond donors (Lipinski definition) is 0. The van der Waals surface area contributed by atoms with Crippen LogP contribution in [-0.2, 0) is 27.1 Å². The molecule has 0 aliphatic rings. The molecule has 2 aromatic rings. The van der Waals surface area contributed by atoms with Crippen LogP contribution in [0.1, 0.15) is 83.4 Å². The fraction of sp³-hybridized carbons (Fsp3) is 0.444. The minimum absolute atomic E-state index is 0.164. The van der Waals surface area contributed by atoms with Crippen LogP contribution in [0.2, 0.25) is 0 Å². The second-order valence-electron chi connectivity index (χ2n) is 7.77. The number of hydrogen-bond acceptors (Lipinski definition) is 5. The number of unbranched alkanes of at least 4 members (excludes halogenated alkanes) is 3. The van der Waals surface area contributed by atoms with E-state index >= 15 is 0 Å². The van der Waals surface area contributed by atoms with Gasteiger partial charge in [0.2, 0.25) is 0 Å². The zero-order valence-electron chi connectivity index (χ0n) is 19.5. The molecule has 0 aliphatic heterocycles. The van der Waals surface area contributed by atoms with Crippen LogP contribution in [0.15, 0.2) is 42.5 Å². The summed E-state index contributed by atoms with van der Waals surface area (Å²) in [5, 5.41) is 1.02. The quantitative estimate of drug-likeness (QED) is 0.131. The van der Waals surface area contributed by atoms with Crippen molar-refractivity contribution in [2.75, 3.05) is 18.5 Å². The predicted molar refractivity (Wildman–Crippen MR) is 133 cm³/mol. The Morgan fingerprint density at radius 1 is 0.758 bits per heavy atom. The molecule has 0 bridgehead atoms. The maximum atomic E-state index is 13.2. The number of ketones is 1. The number of alkyl halides is 1. The Morgan fingerprint density at radius 2 is 1.45 bits per heavy atom. The van der Waals surface area contributed by atoms with E-state index in [2.05, 4.69) is 15.9 Å². The maximum Gasteiger partial charge on any atom is 0.338 e. The number of carbonyl (C=O) groups excluding carboxylic acids is 3. The first kappa shape index (κ1) is 26.8. The van der Waals surface area contributed by atoms with Crippen LogP contribution >= 0.6 is 15.9 Å². The van der Waals surface area contributed by atoms with Gasteiger partial charge in [-0.05, 0) is 68.9 Å². The third-order valence-corrected chi connectivity index (χ3v) is 5.90. The summed E-state index contributed by atoms with van der Waals surface area (Å²) < 4.78 is 10.1. The SMILES string of the molecule is CCOC(=O)CCc1cc(C(=O)c2cccc(C(=O)OCC)c2)ccc1CCCCCCBr. The van der Waals surface area contributed by atoms with E-state index in [0.29, 0.717) is 29.7 Å². The summed E-state index contributed by atoms with van der Waals surface area (Å²) in [6, 6.07) is 12.3. The minimum Gasteiger partial charge on any atom is -0.466 e. The van der Waals surface area contributed by atoms with Crippen molar-refractivity contribution in [2.45, 2.75) is 58.8 Å². The van der Waals surface area contributed by atoms with Crippen LogP contribution < -0.4 is 0 Å². The van der Waals surface area contributed by atoms with Crippen molar-refractivity contribution in [1.82, 2.24) is 0 Å². The van der Waals surface area contributed by atoms with E-state index in [-0.39, 0.29) is 24.8 Å². The van der Waals surface area contributed by atoms with Crippen molar-refractivity contribution in [3.63, 3.8) is 0 Å². The van der Waals surface area contributed by atoms with E-state index in [0.717, 1.165) is 42.1 Å². The van der Waals surface area contributed by atoms with Gasteiger partial charge in [-0.25, -0.2) is 4.79 Å². The second kappa shape index (κ2) is 14.6. The summed E-state index contributed by atoms with van der Waals surface area (Å²) >= 11 is 3.46. The molecule has 33 heavy (non-hydrogen) atoms. The lowest BCUT2D eigenvalue weighted by Crippen LogP contribution is -2.09. The van der Waals surface area contributed by atoms with Crippen molar-refractivity contribution in [3.05, 3.63) is 70.3 Å². The number of ether oxygens (including phenoxy) is 2. The summed E-state index contributed by atoms with van der Waals surface area (Å²) in [6.07, 6.45) is 6.26. The maximum absolute atomic E-state index is 13.2. The molecule has 2 rings (SSSR count). The van der Waals surface area contributed by atoms with Crippen molar-refractivity contribution < 1.29 is 23.9 Å². The third-order valence-electron chi connectivity index (χ3n) is 5.34. The molecule has 2 aromatic carbocycles. The van der Waals surface area contributed by atoms with Gasteiger partial charge in [0.25, 0.3) is 0 Å². The van der Waals surface area contributed by atoms with Gasteiger partial charge in [-0.2, -0.15) is 0 Å². The molecule has 0 aromatic heterocycles. The minimum atomic E-state index is -0.447. The lowest BCUT2D eigenvalue weighted by Gasteiger charge is -2.12. The van der Waals surface area contributed by atoms with E-state index in [9.17, 15) is 14.4 Å². The molecule has 0 heterocycles. The summed E-state index contributed by atoms with van der Waals surface area (Å²) in [4.78, 5) is 37.1. The highest BCUT2D eigenvalue weighted by molar-refractivity contribution is 9.09. The zero-order valence-corrected chi connectivity index (χ0v) is 21.1. The molecule has 0 saturated carbocycles. The summed E-state index contributed by atoms with van der Waals surface area (Å²) in [5.41, 5.74) is 3.48. The Kier molecular flexibility index (Phi) is 11.9. The third kappa shape index (κ3) is 8.77. The molecule has 0 saturated heterocycles. The number of benzene rings is 2. The van der Waals surface area contributed by atoms with Gasteiger partial charge in [0.1, 0.15) is 0 Å². The Hall–Kier alpha value is -2.47. The van der Waals surface area contributed by atoms with E-state index < -0.39 is 5.97 Å². The molecule has 0 fully saturated rings. The Morgan fingerprint density at radius 3 is 2.18 bits per heavy atom. The van der Waals surface area contributed by atoms with Gasteiger partial charge in [-0.1, -0.05) is 53.0 Å². The standard InChI is InChI=1S/C27H33BrO5/c1-3-32-25(29)16-15-21-18-23(14-13-20(21)10-7-5-6-8-17-28)26(30)22-11-9-12-24(19-22)27(31)33-4-2/h9,11-14,18-19H,3-8,10,15-17H2,1-2H3. The first-order valence-corrected chi connectivity index (χ1v) is 12.8. The van der Waals surface area contributed by atoms with E-state index in [1.54, 1.807) is 38.1 Å². The van der Waals surface area contributed by atoms with E-state index in [4.69, 9.17) is 9.47 Å². The molecular weight excluding hydrogens is 484 g/mol. The Balaban J connectivity index is 2.22. The van der Waals surface area contributed by atoms with Gasteiger partial charge in [0.15, 0.2) is 5.78 Å². The summed E-state index contributed by atoms with van der Waals surface area (Å²) in [5.74, 6) is -0.848. The van der Waals surface area contributed by atoms with Crippen LogP contribution in [0.3, 0.4) is 0 Å². The molecule has 6 heteroatoms. The molecule has 0 spiro atoms. The number of halogens is 1. The first-order chi connectivity index (χ1) is 16.0. The fourth-order valence-corrected chi connectivity index (χ4v) is 4.04. The summed E-state index contributed by atoms with van der Waals surface area (Å²) in [7, 11) is 0. The average Bonchev–Trinajstić information content (AvgIpc) is 2.83. The van der Waals surface area contributed by atoms with Crippen molar-refractivity contribution in [2.24, 2.45) is 0 Å². The van der Waals surface area contributed by atoms with Gasteiger partial charge in [-0.15, -0.1) is 0 Å². The van der Waals surface area contributed by atoms with Crippen molar-refractivity contribution in [1.29, 1.82) is 0 Å². The number of esters is 2. The van der Waals surface area contributed by atoms with Crippen LogP contribution in [0.25, 0.3) is 0 Å². The highest BCUT2D eigenvalue weighted by Crippen LogP contribution is 2.21. The molecule has 0 unspecified atom stereocenters. The van der Waals surface area contributed by atoms with Gasteiger partial charge in [0.05, 0.1) is 18.8 Å². The van der Waals surface area contributed by atoms with E-state index in [1.165, 1.54) is 6.42 Å². The van der Waals surface area contributed by atoms with E-state index in [1.807, 2.05) is 18.2 Å². The van der Waals surface area contributed by atoms with Crippen molar-refractivity contribution in [3.8, 4) is 0 Å². The number of carbonyl (C=O) groups is 3. The van der Waals surface area contributed by atoms with Crippen molar-refractivity contribution >= 4 is 33.7 Å². The Bertz CT molecular complexity index is 938. The van der Waals surface area contributed by atoms with Gasteiger partial charge >= 0.3 is 11.9 Å². The topological polar surface area (TPSA) is 69.7 Å². The monoisotopic (exact) mass is 516 g/mol. The van der Waals surface area contributed by atoms with Crippen LogP contribution in [0, 0.1) is 0 Å².